The van der Waals surface area contributed by atoms with Gasteiger partial charge in [-0.1, -0.05) is 12.1 Å². The van der Waals surface area contributed by atoms with Crippen LogP contribution in [0.15, 0.2) is 18.2 Å². The quantitative estimate of drug-likeness (QED) is 0.821. The number of rotatable bonds is 3. The van der Waals surface area contributed by atoms with Crippen molar-refractivity contribution in [2.24, 2.45) is 0 Å². The fourth-order valence-corrected chi connectivity index (χ4v) is 1.96. The number of nitrogens with one attached hydrogen (secondary N) is 2. The molecule has 0 bridgehead atoms. The third-order valence-electron chi connectivity index (χ3n) is 3.11. The molecule has 1 aromatic rings. The van der Waals surface area contributed by atoms with Crippen LogP contribution in [0.2, 0.25) is 0 Å². The van der Waals surface area contributed by atoms with Crippen molar-refractivity contribution in [3.63, 3.8) is 0 Å². The smallest absolute Gasteiger partial charge is 0.163 e. The van der Waals surface area contributed by atoms with Gasteiger partial charge in [-0.3, -0.25) is 0 Å². The van der Waals surface area contributed by atoms with Crippen molar-refractivity contribution in [1.82, 2.24) is 10.6 Å². The molecule has 1 heterocycles. The van der Waals surface area contributed by atoms with Gasteiger partial charge in [-0.25, -0.2) is 8.78 Å². The lowest BCUT2D eigenvalue weighted by Crippen LogP contribution is -2.43. The zero-order valence-corrected chi connectivity index (χ0v) is 9.32. The van der Waals surface area contributed by atoms with Crippen molar-refractivity contribution in [1.29, 1.82) is 0 Å². The summed E-state index contributed by atoms with van der Waals surface area (Å²) >= 11 is 0. The van der Waals surface area contributed by atoms with Crippen molar-refractivity contribution < 1.29 is 8.78 Å². The molecular formula is C12H16F2N2. The summed E-state index contributed by atoms with van der Waals surface area (Å²) in [6.07, 6.45) is 1.00. The molecule has 0 amide bonds. The van der Waals surface area contributed by atoms with E-state index in [2.05, 4.69) is 17.6 Å². The summed E-state index contributed by atoms with van der Waals surface area (Å²) in [6, 6.07) is 4.28. The predicted molar refractivity (Wildman–Crippen MR) is 59.1 cm³/mol. The van der Waals surface area contributed by atoms with E-state index >= 15 is 0 Å². The van der Waals surface area contributed by atoms with Crippen LogP contribution in [0.25, 0.3) is 0 Å². The summed E-state index contributed by atoms with van der Waals surface area (Å²) in [5.41, 5.74) is 0.367. The van der Waals surface area contributed by atoms with Crippen LogP contribution in [-0.2, 0) is 6.54 Å². The minimum Gasteiger partial charge on any atom is -0.315 e. The molecule has 2 rings (SSSR count). The van der Waals surface area contributed by atoms with E-state index in [1.165, 1.54) is 6.07 Å². The summed E-state index contributed by atoms with van der Waals surface area (Å²) in [5, 5.41) is 6.52. The molecule has 2 nitrogen and oxygen atoms in total. The van der Waals surface area contributed by atoms with Crippen molar-refractivity contribution >= 4 is 0 Å². The largest absolute Gasteiger partial charge is 0.315 e. The lowest BCUT2D eigenvalue weighted by atomic mass is 10.0. The van der Waals surface area contributed by atoms with E-state index in [0.717, 1.165) is 25.6 Å². The van der Waals surface area contributed by atoms with E-state index in [-0.39, 0.29) is 5.54 Å². The maximum atomic E-state index is 13.4. The SMILES string of the molecule is CC1(NCc2cccc(F)c2F)CCNC1. The Labute approximate surface area is 94.0 Å². The first-order chi connectivity index (χ1) is 7.61. The van der Waals surface area contributed by atoms with Gasteiger partial charge in [-0.15, -0.1) is 0 Å². The number of benzene rings is 1. The topological polar surface area (TPSA) is 24.1 Å². The number of hydrogen-bond donors (Lipinski definition) is 2. The van der Waals surface area contributed by atoms with Crippen molar-refractivity contribution in [3.05, 3.63) is 35.4 Å². The first-order valence-corrected chi connectivity index (χ1v) is 5.49. The van der Waals surface area contributed by atoms with Crippen LogP contribution >= 0.6 is 0 Å². The van der Waals surface area contributed by atoms with Crippen LogP contribution in [0.1, 0.15) is 18.9 Å². The van der Waals surface area contributed by atoms with Crippen LogP contribution < -0.4 is 10.6 Å². The van der Waals surface area contributed by atoms with Crippen molar-refractivity contribution in [2.45, 2.75) is 25.4 Å². The average molecular weight is 226 g/mol. The van der Waals surface area contributed by atoms with Gasteiger partial charge in [0.1, 0.15) is 0 Å². The molecule has 16 heavy (non-hydrogen) atoms. The maximum absolute atomic E-state index is 13.4. The molecule has 88 valence electrons. The Kier molecular flexibility index (Phi) is 3.21. The Morgan fingerprint density at radius 3 is 2.94 bits per heavy atom. The second-order valence-electron chi connectivity index (χ2n) is 4.55. The van der Waals surface area contributed by atoms with Crippen LogP contribution in [0.4, 0.5) is 8.78 Å². The zero-order chi connectivity index (χ0) is 11.6. The normalized spacial score (nSPS) is 24.9. The highest BCUT2D eigenvalue weighted by atomic mass is 19.2. The molecular weight excluding hydrogens is 210 g/mol. The molecule has 0 aliphatic carbocycles. The summed E-state index contributed by atoms with van der Waals surface area (Å²) in [5.74, 6) is -1.53. The fourth-order valence-electron chi connectivity index (χ4n) is 1.96. The highest BCUT2D eigenvalue weighted by molar-refractivity contribution is 5.19. The molecule has 0 radical (unpaired) electrons. The molecule has 0 spiro atoms. The second-order valence-corrected chi connectivity index (χ2v) is 4.55. The zero-order valence-electron chi connectivity index (χ0n) is 9.32. The van der Waals surface area contributed by atoms with Gasteiger partial charge in [0, 0.05) is 24.2 Å². The van der Waals surface area contributed by atoms with Crippen LogP contribution in [-0.4, -0.2) is 18.6 Å². The van der Waals surface area contributed by atoms with Gasteiger partial charge in [-0.2, -0.15) is 0 Å². The maximum Gasteiger partial charge on any atom is 0.163 e. The lowest BCUT2D eigenvalue weighted by Gasteiger charge is -2.24. The average Bonchev–Trinajstić information content (AvgIpc) is 2.68. The van der Waals surface area contributed by atoms with E-state index in [9.17, 15) is 8.78 Å². The molecule has 1 atom stereocenters. The Morgan fingerprint density at radius 2 is 2.25 bits per heavy atom. The number of hydrogen-bond acceptors (Lipinski definition) is 2. The molecule has 0 aromatic heterocycles. The van der Waals surface area contributed by atoms with Crippen molar-refractivity contribution in [3.8, 4) is 0 Å². The third-order valence-corrected chi connectivity index (χ3v) is 3.11. The van der Waals surface area contributed by atoms with Crippen LogP contribution in [0.3, 0.4) is 0 Å². The second kappa shape index (κ2) is 4.47. The molecule has 0 saturated carbocycles. The molecule has 1 aliphatic heterocycles. The van der Waals surface area contributed by atoms with Gasteiger partial charge >= 0.3 is 0 Å². The van der Waals surface area contributed by atoms with E-state index in [1.807, 2.05) is 0 Å². The highest BCUT2D eigenvalue weighted by Gasteiger charge is 2.27. The Balaban J connectivity index is 2.02. The minimum atomic E-state index is -0.783. The Hall–Kier alpha value is -1.00. The molecule has 1 aliphatic rings. The molecule has 1 unspecified atom stereocenters. The van der Waals surface area contributed by atoms with E-state index in [0.29, 0.717) is 12.1 Å². The third kappa shape index (κ3) is 2.39. The van der Waals surface area contributed by atoms with Gasteiger partial charge in [0.25, 0.3) is 0 Å². The molecule has 1 fully saturated rings. The molecule has 1 aromatic carbocycles. The van der Waals surface area contributed by atoms with Gasteiger partial charge in [0.15, 0.2) is 11.6 Å². The van der Waals surface area contributed by atoms with E-state index in [1.54, 1.807) is 6.07 Å². The minimum absolute atomic E-state index is 0.0151. The fraction of sp³-hybridized carbons (Fsp3) is 0.500. The summed E-state index contributed by atoms with van der Waals surface area (Å²) < 4.78 is 26.3. The lowest BCUT2D eigenvalue weighted by molar-refractivity contribution is 0.379. The summed E-state index contributed by atoms with van der Waals surface area (Å²) in [6.45, 7) is 4.28. The molecule has 2 N–H and O–H groups in total. The number of halogens is 2. The first kappa shape index (κ1) is 11.5. The van der Waals surface area contributed by atoms with Gasteiger partial charge in [0.05, 0.1) is 0 Å². The Morgan fingerprint density at radius 1 is 1.44 bits per heavy atom. The van der Waals surface area contributed by atoms with Crippen LogP contribution in [0.5, 0.6) is 0 Å². The summed E-state index contributed by atoms with van der Waals surface area (Å²) in [7, 11) is 0. The molecule has 4 heteroatoms. The highest BCUT2D eigenvalue weighted by Crippen LogP contribution is 2.16. The van der Waals surface area contributed by atoms with Crippen LogP contribution in [0, 0.1) is 11.6 Å². The van der Waals surface area contributed by atoms with E-state index < -0.39 is 11.6 Å². The summed E-state index contributed by atoms with van der Waals surface area (Å²) in [4.78, 5) is 0. The van der Waals surface area contributed by atoms with E-state index in [4.69, 9.17) is 0 Å². The first-order valence-electron chi connectivity index (χ1n) is 5.49. The van der Waals surface area contributed by atoms with Gasteiger partial charge < -0.3 is 10.6 Å². The van der Waals surface area contributed by atoms with Gasteiger partial charge in [0.2, 0.25) is 0 Å². The predicted octanol–water partition coefficient (Wildman–Crippen LogP) is 1.81. The Bertz CT molecular complexity index is 373. The molecule has 1 saturated heterocycles. The van der Waals surface area contributed by atoms with Gasteiger partial charge in [-0.05, 0) is 26.0 Å². The monoisotopic (exact) mass is 226 g/mol. The van der Waals surface area contributed by atoms with Crippen molar-refractivity contribution in [2.75, 3.05) is 13.1 Å². The standard InChI is InChI=1S/C12H16F2N2/c1-12(5-6-15-8-12)16-7-9-3-2-4-10(13)11(9)14/h2-4,15-16H,5-8H2,1H3.